The van der Waals surface area contributed by atoms with Gasteiger partial charge in [0.1, 0.15) is 5.82 Å². The highest BCUT2D eigenvalue weighted by Gasteiger charge is 2.19. The Balaban J connectivity index is 1.93. The van der Waals surface area contributed by atoms with Gasteiger partial charge in [0.2, 0.25) is 5.91 Å². The highest BCUT2D eigenvalue weighted by Crippen LogP contribution is 2.31. The van der Waals surface area contributed by atoms with Gasteiger partial charge in [0.05, 0.1) is 5.02 Å². The number of carbonyl (C=O) groups excluding carboxylic acids is 1. The van der Waals surface area contributed by atoms with Gasteiger partial charge >= 0.3 is 0 Å². The molecule has 1 aromatic carbocycles. The molecule has 24 heavy (non-hydrogen) atoms. The number of aryl methyl sites for hydroxylation is 1. The van der Waals surface area contributed by atoms with Crippen molar-refractivity contribution < 1.29 is 4.79 Å². The summed E-state index contributed by atoms with van der Waals surface area (Å²) in [5, 5.41) is 12.3. The smallest absolute Gasteiger partial charge is 0.227 e. The zero-order chi connectivity index (χ0) is 17.1. The van der Waals surface area contributed by atoms with E-state index in [1.165, 1.54) is 6.42 Å². The molecule has 1 aliphatic heterocycles. The molecule has 1 aliphatic rings. The van der Waals surface area contributed by atoms with E-state index in [9.17, 15) is 4.79 Å². The first-order valence-electron chi connectivity index (χ1n) is 8.63. The van der Waals surface area contributed by atoms with E-state index in [2.05, 4.69) is 20.1 Å². The monoisotopic (exact) mass is 346 g/mol. The predicted molar refractivity (Wildman–Crippen MR) is 96.1 cm³/mol. The summed E-state index contributed by atoms with van der Waals surface area (Å²) in [7, 11) is 0. The summed E-state index contributed by atoms with van der Waals surface area (Å²) in [6.45, 7) is 4.84. The molecular formula is C18H23ClN4O. The minimum Gasteiger partial charge on any atom is -0.326 e. The van der Waals surface area contributed by atoms with Crippen molar-refractivity contribution in [1.29, 1.82) is 0 Å². The Kier molecular flexibility index (Phi) is 5.19. The van der Waals surface area contributed by atoms with Crippen LogP contribution in [0.2, 0.25) is 5.02 Å². The van der Waals surface area contributed by atoms with Crippen molar-refractivity contribution in [3.8, 4) is 11.4 Å². The third kappa shape index (κ3) is 3.46. The van der Waals surface area contributed by atoms with E-state index < -0.39 is 0 Å². The average molecular weight is 347 g/mol. The standard InChI is InChI=1S/C18H23ClN4O/c1-3-12(2)18(24)20-13-8-9-15(19)14(11-13)17-22-21-16-7-5-4-6-10-23(16)17/h8-9,11-12H,3-7,10H2,1-2H3,(H,20,24). The molecule has 0 spiro atoms. The van der Waals surface area contributed by atoms with Crippen molar-refractivity contribution in [1.82, 2.24) is 14.8 Å². The largest absolute Gasteiger partial charge is 0.326 e. The number of nitrogens with one attached hydrogen (secondary N) is 1. The number of aromatic nitrogens is 3. The van der Waals surface area contributed by atoms with Crippen molar-refractivity contribution >= 4 is 23.2 Å². The molecule has 0 saturated heterocycles. The molecule has 0 aliphatic carbocycles. The van der Waals surface area contributed by atoms with Crippen molar-refractivity contribution in [2.45, 2.75) is 52.5 Å². The topological polar surface area (TPSA) is 59.8 Å². The Hall–Kier alpha value is -1.88. The molecule has 0 saturated carbocycles. The van der Waals surface area contributed by atoms with Crippen LogP contribution in [0.4, 0.5) is 5.69 Å². The minimum absolute atomic E-state index is 0.0193. The number of amides is 1. The number of rotatable bonds is 4. The molecule has 1 N–H and O–H groups in total. The SMILES string of the molecule is CCC(C)C(=O)Nc1ccc(Cl)c(-c2nnc3n2CCCCC3)c1. The lowest BCUT2D eigenvalue weighted by Crippen LogP contribution is -2.19. The van der Waals surface area contributed by atoms with Crippen LogP contribution >= 0.6 is 11.6 Å². The van der Waals surface area contributed by atoms with Gasteiger partial charge in [-0.25, -0.2) is 0 Å². The van der Waals surface area contributed by atoms with E-state index in [0.717, 1.165) is 55.1 Å². The summed E-state index contributed by atoms with van der Waals surface area (Å²) in [4.78, 5) is 12.1. The van der Waals surface area contributed by atoms with Gasteiger partial charge < -0.3 is 9.88 Å². The predicted octanol–water partition coefficient (Wildman–Crippen LogP) is 4.31. The van der Waals surface area contributed by atoms with Crippen LogP contribution in [0.3, 0.4) is 0 Å². The lowest BCUT2D eigenvalue weighted by molar-refractivity contribution is -0.119. The second-order valence-electron chi connectivity index (χ2n) is 6.40. The van der Waals surface area contributed by atoms with E-state index in [4.69, 9.17) is 11.6 Å². The summed E-state index contributed by atoms with van der Waals surface area (Å²) in [6.07, 6.45) is 5.25. The number of hydrogen-bond acceptors (Lipinski definition) is 3. The Morgan fingerprint density at radius 2 is 2.17 bits per heavy atom. The fourth-order valence-electron chi connectivity index (χ4n) is 2.91. The first kappa shape index (κ1) is 17.0. The lowest BCUT2D eigenvalue weighted by atomic mass is 10.1. The Morgan fingerprint density at radius 3 is 2.96 bits per heavy atom. The minimum atomic E-state index is -0.0199. The number of halogens is 1. The van der Waals surface area contributed by atoms with Gasteiger partial charge in [0, 0.05) is 30.1 Å². The fourth-order valence-corrected chi connectivity index (χ4v) is 3.11. The summed E-state index contributed by atoms with van der Waals surface area (Å²) in [6, 6.07) is 5.53. The third-order valence-electron chi connectivity index (χ3n) is 4.64. The van der Waals surface area contributed by atoms with Crippen molar-refractivity contribution in [3.05, 3.63) is 29.0 Å². The van der Waals surface area contributed by atoms with E-state index in [1.807, 2.05) is 26.0 Å². The molecule has 1 aromatic heterocycles. The second-order valence-corrected chi connectivity index (χ2v) is 6.80. The number of hydrogen-bond donors (Lipinski definition) is 1. The quantitative estimate of drug-likeness (QED) is 0.897. The number of benzene rings is 1. The number of fused-ring (bicyclic) bond motifs is 1. The average Bonchev–Trinajstić information content (AvgIpc) is 2.83. The summed E-state index contributed by atoms with van der Waals surface area (Å²) >= 11 is 6.40. The van der Waals surface area contributed by atoms with Crippen LogP contribution in [0.25, 0.3) is 11.4 Å². The zero-order valence-corrected chi connectivity index (χ0v) is 14.9. The maximum Gasteiger partial charge on any atom is 0.227 e. The Morgan fingerprint density at radius 1 is 1.33 bits per heavy atom. The van der Waals surface area contributed by atoms with Crippen molar-refractivity contribution in [2.75, 3.05) is 5.32 Å². The lowest BCUT2D eigenvalue weighted by Gasteiger charge is -2.13. The van der Waals surface area contributed by atoms with E-state index >= 15 is 0 Å². The van der Waals surface area contributed by atoms with Gasteiger partial charge in [-0.1, -0.05) is 31.9 Å². The maximum atomic E-state index is 12.1. The summed E-state index contributed by atoms with van der Waals surface area (Å²) in [5.41, 5.74) is 1.56. The molecule has 0 bridgehead atoms. The molecule has 5 nitrogen and oxygen atoms in total. The molecule has 1 amide bonds. The maximum absolute atomic E-state index is 12.1. The van der Waals surface area contributed by atoms with Crippen LogP contribution in [0, 0.1) is 5.92 Å². The third-order valence-corrected chi connectivity index (χ3v) is 4.97. The zero-order valence-electron chi connectivity index (χ0n) is 14.2. The molecule has 0 fully saturated rings. The molecule has 2 aromatic rings. The van der Waals surface area contributed by atoms with Gasteiger partial charge in [0.15, 0.2) is 5.82 Å². The van der Waals surface area contributed by atoms with Crippen LogP contribution in [-0.4, -0.2) is 20.7 Å². The van der Waals surface area contributed by atoms with Gasteiger partial charge in [0.25, 0.3) is 0 Å². The molecule has 1 atom stereocenters. The van der Waals surface area contributed by atoms with E-state index in [-0.39, 0.29) is 11.8 Å². The van der Waals surface area contributed by atoms with Gasteiger partial charge in [-0.3, -0.25) is 4.79 Å². The molecule has 2 heterocycles. The van der Waals surface area contributed by atoms with Crippen LogP contribution in [0.5, 0.6) is 0 Å². The van der Waals surface area contributed by atoms with Crippen LogP contribution in [0.15, 0.2) is 18.2 Å². The first-order valence-corrected chi connectivity index (χ1v) is 9.00. The summed E-state index contributed by atoms with van der Waals surface area (Å²) < 4.78 is 2.16. The number of nitrogens with zero attached hydrogens (tertiary/aromatic N) is 3. The number of anilines is 1. The highest BCUT2D eigenvalue weighted by molar-refractivity contribution is 6.33. The fraction of sp³-hybridized carbons (Fsp3) is 0.500. The van der Waals surface area contributed by atoms with Crippen molar-refractivity contribution in [3.63, 3.8) is 0 Å². The van der Waals surface area contributed by atoms with Gasteiger partial charge in [-0.2, -0.15) is 0 Å². The molecule has 128 valence electrons. The Bertz CT molecular complexity index is 741. The first-order chi connectivity index (χ1) is 11.6. The van der Waals surface area contributed by atoms with E-state index in [0.29, 0.717) is 5.02 Å². The van der Waals surface area contributed by atoms with Gasteiger partial charge in [-0.15, -0.1) is 10.2 Å². The number of carbonyl (C=O) groups is 1. The second kappa shape index (κ2) is 7.34. The molecule has 3 rings (SSSR count). The van der Waals surface area contributed by atoms with E-state index in [1.54, 1.807) is 6.07 Å². The Labute approximate surface area is 147 Å². The molecule has 6 heteroatoms. The van der Waals surface area contributed by atoms with Crippen molar-refractivity contribution in [2.24, 2.45) is 5.92 Å². The summed E-state index contributed by atoms with van der Waals surface area (Å²) in [5.74, 6) is 1.81. The van der Waals surface area contributed by atoms with Crippen LogP contribution in [-0.2, 0) is 17.8 Å². The normalized spacial score (nSPS) is 15.5. The molecule has 1 unspecified atom stereocenters. The van der Waals surface area contributed by atoms with Crippen LogP contribution in [0.1, 0.15) is 45.4 Å². The molecule has 0 radical (unpaired) electrons. The van der Waals surface area contributed by atoms with Gasteiger partial charge in [-0.05, 0) is 37.5 Å². The highest BCUT2D eigenvalue weighted by atomic mass is 35.5. The molecular weight excluding hydrogens is 324 g/mol. The van der Waals surface area contributed by atoms with Crippen LogP contribution < -0.4 is 5.32 Å².